The van der Waals surface area contributed by atoms with E-state index in [1.165, 1.54) is 0 Å². The fourth-order valence-electron chi connectivity index (χ4n) is 2.35. The molecule has 0 saturated carbocycles. The van der Waals surface area contributed by atoms with Crippen molar-refractivity contribution in [3.05, 3.63) is 53.9 Å². The van der Waals surface area contributed by atoms with Crippen LogP contribution in [0.2, 0.25) is 0 Å². The van der Waals surface area contributed by atoms with Gasteiger partial charge in [-0.05, 0) is 55.8 Å². The Bertz CT molecular complexity index is 779. The van der Waals surface area contributed by atoms with Crippen LogP contribution in [0.5, 0.6) is 11.5 Å². The second-order valence-electron chi connectivity index (χ2n) is 5.46. The summed E-state index contributed by atoms with van der Waals surface area (Å²) in [6.45, 7) is 5.03. The first-order valence-electron chi connectivity index (χ1n) is 7.75. The van der Waals surface area contributed by atoms with E-state index in [1.54, 1.807) is 0 Å². The number of nitrogens with two attached hydrogens (primary N) is 1. The first-order chi connectivity index (χ1) is 11.2. The van der Waals surface area contributed by atoms with E-state index in [9.17, 15) is 0 Å². The zero-order chi connectivity index (χ0) is 16.2. The van der Waals surface area contributed by atoms with E-state index >= 15 is 0 Å². The molecule has 0 fully saturated rings. The van der Waals surface area contributed by atoms with Gasteiger partial charge >= 0.3 is 0 Å². The lowest BCUT2D eigenvalue weighted by Gasteiger charge is -2.08. The molecule has 0 aliphatic rings. The number of hydrogen-bond acceptors (Lipinski definition) is 4. The van der Waals surface area contributed by atoms with Gasteiger partial charge in [-0.2, -0.15) is 0 Å². The van der Waals surface area contributed by atoms with Gasteiger partial charge in [0.1, 0.15) is 23.9 Å². The van der Waals surface area contributed by atoms with Crippen LogP contribution in [0, 0.1) is 0 Å². The smallest absolute Gasteiger partial charge is 0.123 e. The lowest BCUT2D eigenvalue weighted by Crippen LogP contribution is -2.06. The normalized spacial score (nSPS) is 12.3. The van der Waals surface area contributed by atoms with Crippen molar-refractivity contribution in [1.29, 1.82) is 0 Å². The van der Waals surface area contributed by atoms with Crippen LogP contribution in [-0.4, -0.2) is 16.6 Å². The van der Waals surface area contributed by atoms with Crippen molar-refractivity contribution in [3.8, 4) is 11.5 Å². The number of fused-ring (bicyclic) bond motifs is 1. The number of rotatable bonds is 6. The van der Waals surface area contributed by atoms with Gasteiger partial charge in [0, 0.05) is 0 Å². The molecule has 1 aromatic heterocycles. The highest BCUT2D eigenvalue weighted by Gasteiger charge is 2.07. The van der Waals surface area contributed by atoms with Crippen molar-refractivity contribution in [2.75, 3.05) is 6.61 Å². The van der Waals surface area contributed by atoms with Gasteiger partial charge in [0.05, 0.1) is 23.7 Å². The molecular weight excluding hydrogens is 290 g/mol. The maximum Gasteiger partial charge on any atom is 0.123 e. The number of nitrogens with one attached hydrogen (secondary N) is 1. The minimum Gasteiger partial charge on any atom is -0.494 e. The molecule has 0 aliphatic carbocycles. The molecule has 2 aromatic carbocycles. The zero-order valence-corrected chi connectivity index (χ0v) is 13.4. The summed E-state index contributed by atoms with van der Waals surface area (Å²) in [6.07, 6.45) is 0. The van der Waals surface area contributed by atoms with Gasteiger partial charge in [0.2, 0.25) is 0 Å². The fourth-order valence-corrected chi connectivity index (χ4v) is 2.35. The molecule has 5 nitrogen and oxygen atoms in total. The van der Waals surface area contributed by atoms with E-state index in [4.69, 9.17) is 15.2 Å². The van der Waals surface area contributed by atoms with Crippen LogP contribution < -0.4 is 15.2 Å². The van der Waals surface area contributed by atoms with E-state index in [1.807, 2.05) is 56.3 Å². The quantitative estimate of drug-likeness (QED) is 0.730. The minimum atomic E-state index is -0.106. The maximum absolute atomic E-state index is 5.86. The van der Waals surface area contributed by atoms with Crippen molar-refractivity contribution in [2.45, 2.75) is 26.5 Å². The van der Waals surface area contributed by atoms with E-state index in [0.717, 1.165) is 33.9 Å². The highest BCUT2D eigenvalue weighted by Crippen LogP contribution is 2.20. The average molecular weight is 311 g/mol. The van der Waals surface area contributed by atoms with Crippen molar-refractivity contribution in [2.24, 2.45) is 5.73 Å². The Labute approximate surface area is 135 Å². The zero-order valence-electron chi connectivity index (χ0n) is 13.4. The van der Waals surface area contributed by atoms with Gasteiger partial charge < -0.3 is 20.2 Å². The van der Waals surface area contributed by atoms with Crippen molar-refractivity contribution in [1.82, 2.24) is 9.97 Å². The van der Waals surface area contributed by atoms with Crippen LogP contribution in [0.4, 0.5) is 0 Å². The Hall–Kier alpha value is -2.53. The predicted octanol–water partition coefficient (Wildman–Crippen LogP) is 3.56. The number of aromatic nitrogens is 2. The molecule has 0 aliphatic heterocycles. The van der Waals surface area contributed by atoms with Gasteiger partial charge in [-0.25, -0.2) is 4.98 Å². The molecule has 3 aromatic rings. The van der Waals surface area contributed by atoms with Crippen LogP contribution in [0.1, 0.15) is 31.3 Å². The number of hydrogen-bond donors (Lipinski definition) is 2. The summed E-state index contributed by atoms with van der Waals surface area (Å²) in [4.78, 5) is 7.71. The summed E-state index contributed by atoms with van der Waals surface area (Å²) in [5.41, 5.74) is 8.83. The van der Waals surface area contributed by atoms with Gasteiger partial charge in [0.25, 0.3) is 0 Å². The molecule has 0 amide bonds. The molecule has 5 heteroatoms. The summed E-state index contributed by atoms with van der Waals surface area (Å²) < 4.78 is 11.2. The second-order valence-corrected chi connectivity index (χ2v) is 5.46. The number of imidazole rings is 1. The molecule has 3 rings (SSSR count). The third-order valence-electron chi connectivity index (χ3n) is 3.54. The summed E-state index contributed by atoms with van der Waals surface area (Å²) in [5, 5.41) is 0. The van der Waals surface area contributed by atoms with Crippen LogP contribution in [0.25, 0.3) is 11.0 Å². The van der Waals surface area contributed by atoms with Crippen molar-refractivity contribution >= 4 is 11.0 Å². The van der Waals surface area contributed by atoms with Crippen LogP contribution in [0.3, 0.4) is 0 Å². The molecule has 1 atom stereocenters. The third-order valence-corrected chi connectivity index (χ3v) is 3.54. The number of benzene rings is 2. The van der Waals surface area contributed by atoms with Crippen molar-refractivity contribution in [3.63, 3.8) is 0 Å². The lowest BCUT2D eigenvalue weighted by atomic mass is 10.2. The average Bonchev–Trinajstić information content (AvgIpc) is 2.98. The topological polar surface area (TPSA) is 73.2 Å². The van der Waals surface area contributed by atoms with Gasteiger partial charge in [-0.3, -0.25) is 0 Å². The Morgan fingerprint density at radius 1 is 1.09 bits per heavy atom. The van der Waals surface area contributed by atoms with E-state index in [2.05, 4.69) is 9.97 Å². The summed E-state index contributed by atoms with van der Waals surface area (Å²) in [5.74, 6) is 2.46. The van der Waals surface area contributed by atoms with Gasteiger partial charge in [-0.15, -0.1) is 0 Å². The van der Waals surface area contributed by atoms with Gasteiger partial charge in [-0.1, -0.05) is 6.07 Å². The lowest BCUT2D eigenvalue weighted by molar-refractivity contribution is 0.304. The molecule has 1 unspecified atom stereocenters. The Morgan fingerprint density at radius 2 is 1.78 bits per heavy atom. The fraction of sp³-hybridized carbons (Fsp3) is 0.278. The van der Waals surface area contributed by atoms with Gasteiger partial charge in [0.15, 0.2) is 0 Å². The molecular formula is C18H21N3O2. The highest BCUT2D eigenvalue weighted by molar-refractivity contribution is 5.75. The molecule has 120 valence electrons. The highest BCUT2D eigenvalue weighted by atomic mass is 16.5. The standard InChI is InChI=1S/C18H21N3O2/c1-3-22-14-5-7-15(8-6-14)23-11-13-4-9-16-17(10-13)21-18(20-16)12(2)19/h4-10,12H,3,11,19H2,1-2H3,(H,20,21). The maximum atomic E-state index is 5.86. The molecule has 0 saturated heterocycles. The number of aromatic amines is 1. The molecule has 23 heavy (non-hydrogen) atoms. The third kappa shape index (κ3) is 3.63. The van der Waals surface area contributed by atoms with E-state index < -0.39 is 0 Å². The number of ether oxygens (including phenoxy) is 2. The van der Waals surface area contributed by atoms with E-state index in [-0.39, 0.29) is 6.04 Å². The Balaban J connectivity index is 1.68. The van der Waals surface area contributed by atoms with Crippen LogP contribution >= 0.6 is 0 Å². The Kier molecular flexibility index (Phi) is 4.48. The first kappa shape index (κ1) is 15.4. The van der Waals surface area contributed by atoms with Crippen molar-refractivity contribution < 1.29 is 9.47 Å². The predicted molar refractivity (Wildman–Crippen MR) is 90.6 cm³/mol. The van der Waals surface area contributed by atoms with Crippen LogP contribution in [-0.2, 0) is 6.61 Å². The number of H-pyrrole nitrogens is 1. The molecule has 1 heterocycles. The Morgan fingerprint density at radius 3 is 2.43 bits per heavy atom. The second kappa shape index (κ2) is 6.71. The summed E-state index contributed by atoms with van der Waals surface area (Å²) >= 11 is 0. The van der Waals surface area contributed by atoms with Crippen LogP contribution in [0.15, 0.2) is 42.5 Å². The molecule has 0 spiro atoms. The SMILES string of the molecule is CCOc1ccc(OCc2ccc3nc(C(C)N)[nH]c3c2)cc1. The first-order valence-corrected chi connectivity index (χ1v) is 7.75. The largest absolute Gasteiger partial charge is 0.494 e. The summed E-state index contributed by atoms with van der Waals surface area (Å²) in [6, 6.07) is 13.6. The van der Waals surface area contributed by atoms with E-state index in [0.29, 0.717) is 13.2 Å². The monoisotopic (exact) mass is 311 g/mol. The molecule has 0 bridgehead atoms. The minimum absolute atomic E-state index is 0.106. The molecule has 3 N–H and O–H groups in total. The summed E-state index contributed by atoms with van der Waals surface area (Å²) in [7, 11) is 0. The number of nitrogens with zero attached hydrogens (tertiary/aromatic N) is 1. The molecule has 0 radical (unpaired) electrons.